The van der Waals surface area contributed by atoms with Crippen molar-refractivity contribution in [3.63, 3.8) is 0 Å². The summed E-state index contributed by atoms with van der Waals surface area (Å²) in [6.45, 7) is 0.573. The maximum atomic E-state index is 12.5. The molecule has 2 aliphatic heterocycles. The number of fused-ring (bicyclic) bond motifs is 2. The molecule has 4 rings (SSSR count). The normalized spacial score (nSPS) is 21.2. The molecule has 0 unspecified atom stereocenters. The van der Waals surface area contributed by atoms with Gasteiger partial charge < -0.3 is 14.8 Å². The van der Waals surface area contributed by atoms with Crippen molar-refractivity contribution in [3.05, 3.63) is 65.2 Å². The van der Waals surface area contributed by atoms with E-state index < -0.39 is 6.10 Å². The van der Waals surface area contributed by atoms with E-state index >= 15 is 0 Å². The highest BCUT2D eigenvalue weighted by Gasteiger charge is 2.33. The molecule has 1 amide bonds. The molecule has 0 bridgehead atoms. The molecule has 0 aromatic heterocycles. The molecule has 0 fully saturated rings. The summed E-state index contributed by atoms with van der Waals surface area (Å²) in [6.07, 6.45) is 0.343. The lowest BCUT2D eigenvalue weighted by Gasteiger charge is -2.27. The van der Waals surface area contributed by atoms with E-state index in [0.29, 0.717) is 12.2 Å². The summed E-state index contributed by atoms with van der Waals surface area (Å²) in [5.41, 5.74) is 2.32. The second-order valence-electron chi connectivity index (χ2n) is 5.98. The highest BCUT2D eigenvalue weighted by Crippen LogP contribution is 2.34. The molecule has 0 saturated heterocycles. The van der Waals surface area contributed by atoms with E-state index in [-0.39, 0.29) is 24.3 Å². The monoisotopic (exact) mass is 323 g/mol. The molecule has 2 aromatic rings. The van der Waals surface area contributed by atoms with Crippen molar-refractivity contribution in [2.45, 2.75) is 25.0 Å². The Labute approximate surface area is 139 Å². The van der Waals surface area contributed by atoms with Gasteiger partial charge in [-0.2, -0.15) is 0 Å². The first-order valence-electron chi connectivity index (χ1n) is 8.03. The fraction of sp³-hybridized carbons (Fsp3) is 0.263. The first kappa shape index (κ1) is 14.8. The van der Waals surface area contributed by atoms with Gasteiger partial charge in [-0.1, -0.05) is 36.4 Å². The van der Waals surface area contributed by atoms with Crippen LogP contribution in [-0.2, 0) is 9.53 Å². The number of benzene rings is 2. The number of esters is 1. The Kier molecular flexibility index (Phi) is 3.69. The van der Waals surface area contributed by atoms with E-state index in [0.717, 1.165) is 23.3 Å². The standard InChI is InChI=1S/C19H17NO4/c21-18(11-17-12-5-1-2-6-13(12)19(22)24-17)20-15-9-10-23-16-8-4-3-7-14(15)16/h1-8,15,17H,9-11H2,(H,20,21)/t15-,17+/m1/s1. The predicted molar refractivity (Wildman–Crippen MR) is 86.7 cm³/mol. The second kappa shape index (κ2) is 6.00. The lowest BCUT2D eigenvalue weighted by molar-refractivity contribution is -0.124. The topological polar surface area (TPSA) is 64.6 Å². The molecule has 2 aliphatic rings. The zero-order valence-corrected chi connectivity index (χ0v) is 13.0. The van der Waals surface area contributed by atoms with Gasteiger partial charge >= 0.3 is 5.97 Å². The number of hydrogen-bond acceptors (Lipinski definition) is 4. The van der Waals surface area contributed by atoms with Crippen molar-refractivity contribution in [2.75, 3.05) is 6.61 Å². The Morgan fingerprint density at radius 1 is 1.08 bits per heavy atom. The third-order valence-corrected chi connectivity index (χ3v) is 4.44. The number of rotatable bonds is 3. The van der Waals surface area contributed by atoms with E-state index in [4.69, 9.17) is 9.47 Å². The van der Waals surface area contributed by atoms with Crippen LogP contribution in [0, 0.1) is 0 Å². The summed E-state index contributed by atoms with van der Waals surface area (Å²) in [7, 11) is 0. The summed E-state index contributed by atoms with van der Waals surface area (Å²) >= 11 is 0. The fourth-order valence-corrected chi connectivity index (χ4v) is 3.29. The molecule has 1 N–H and O–H groups in total. The molecule has 0 radical (unpaired) electrons. The highest BCUT2D eigenvalue weighted by molar-refractivity contribution is 5.94. The predicted octanol–water partition coefficient (Wildman–Crippen LogP) is 2.93. The number of carbonyl (C=O) groups excluding carboxylic acids is 2. The van der Waals surface area contributed by atoms with Gasteiger partial charge in [0.2, 0.25) is 5.91 Å². The van der Waals surface area contributed by atoms with Crippen LogP contribution in [0.15, 0.2) is 48.5 Å². The van der Waals surface area contributed by atoms with Crippen molar-refractivity contribution >= 4 is 11.9 Å². The SMILES string of the molecule is O=C(C[C@@H]1OC(=O)c2ccccc21)N[C@@H]1CCOc2ccccc21. The van der Waals surface area contributed by atoms with Crippen molar-refractivity contribution in [2.24, 2.45) is 0 Å². The smallest absolute Gasteiger partial charge is 0.339 e. The van der Waals surface area contributed by atoms with Crippen LogP contribution in [-0.4, -0.2) is 18.5 Å². The summed E-state index contributed by atoms with van der Waals surface area (Å²) in [6, 6.07) is 14.8. The summed E-state index contributed by atoms with van der Waals surface area (Å²) in [4.78, 5) is 24.3. The number of nitrogens with one attached hydrogen (secondary N) is 1. The molecular weight excluding hydrogens is 306 g/mol. The molecule has 24 heavy (non-hydrogen) atoms. The quantitative estimate of drug-likeness (QED) is 0.882. The van der Waals surface area contributed by atoms with Gasteiger partial charge in [0.15, 0.2) is 0 Å². The molecule has 0 aliphatic carbocycles. The van der Waals surface area contributed by atoms with Crippen LogP contribution in [0.1, 0.15) is 46.5 Å². The van der Waals surface area contributed by atoms with Crippen LogP contribution >= 0.6 is 0 Å². The first-order chi connectivity index (χ1) is 11.7. The number of amides is 1. The maximum Gasteiger partial charge on any atom is 0.339 e. The van der Waals surface area contributed by atoms with Gasteiger partial charge in [0.25, 0.3) is 0 Å². The number of para-hydroxylation sites is 1. The Balaban J connectivity index is 1.46. The minimum absolute atomic E-state index is 0.0743. The third-order valence-electron chi connectivity index (χ3n) is 4.44. The van der Waals surface area contributed by atoms with Crippen LogP contribution < -0.4 is 10.1 Å². The van der Waals surface area contributed by atoms with Gasteiger partial charge in [-0.05, 0) is 12.1 Å². The third kappa shape index (κ3) is 2.62. The van der Waals surface area contributed by atoms with Crippen LogP contribution in [0.3, 0.4) is 0 Å². The number of carbonyl (C=O) groups is 2. The van der Waals surface area contributed by atoms with E-state index in [2.05, 4.69) is 5.32 Å². The molecule has 2 aromatic carbocycles. The molecule has 0 saturated carbocycles. The number of hydrogen-bond donors (Lipinski definition) is 1. The van der Waals surface area contributed by atoms with E-state index in [1.54, 1.807) is 12.1 Å². The Hall–Kier alpha value is -2.82. The molecule has 122 valence electrons. The average Bonchev–Trinajstić information content (AvgIpc) is 2.91. The van der Waals surface area contributed by atoms with Crippen LogP contribution in [0.4, 0.5) is 0 Å². The fourth-order valence-electron chi connectivity index (χ4n) is 3.29. The zero-order valence-electron chi connectivity index (χ0n) is 13.0. The van der Waals surface area contributed by atoms with Crippen LogP contribution in [0.5, 0.6) is 5.75 Å². The summed E-state index contributed by atoms with van der Waals surface area (Å²) in [5, 5.41) is 3.04. The summed E-state index contributed by atoms with van der Waals surface area (Å²) < 4.78 is 10.9. The van der Waals surface area contributed by atoms with Crippen molar-refractivity contribution < 1.29 is 19.1 Å². The van der Waals surface area contributed by atoms with Crippen molar-refractivity contribution in [3.8, 4) is 5.75 Å². The lowest BCUT2D eigenvalue weighted by atomic mass is 9.99. The highest BCUT2D eigenvalue weighted by atomic mass is 16.5. The van der Waals surface area contributed by atoms with E-state index in [1.807, 2.05) is 36.4 Å². The maximum absolute atomic E-state index is 12.5. The van der Waals surface area contributed by atoms with Gasteiger partial charge in [-0.3, -0.25) is 4.79 Å². The molecule has 2 atom stereocenters. The minimum atomic E-state index is -0.510. The van der Waals surface area contributed by atoms with E-state index in [1.165, 1.54) is 0 Å². The van der Waals surface area contributed by atoms with Crippen LogP contribution in [0.25, 0.3) is 0 Å². The number of cyclic esters (lactones) is 1. The van der Waals surface area contributed by atoms with Crippen molar-refractivity contribution in [1.82, 2.24) is 5.32 Å². The molecule has 5 nitrogen and oxygen atoms in total. The van der Waals surface area contributed by atoms with Gasteiger partial charge in [-0.15, -0.1) is 0 Å². The van der Waals surface area contributed by atoms with Gasteiger partial charge in [-0.25, -0.2) is 4.79 Å². The van der Waals surface area contributed by atoms with Gasteiger partial charge in [0, 0.05) is 17.5 Å². The van der Waals surface area contributed by atoms with Crippen molar-refractivity contribution in [1.29, 1.82) is 0 Å². The first-order valence-corrected chi connectivity index (χ1v) is 8.03. The Morgan fingerprint density at radius 3 is 2.71 bits per heavy atom. The molecule has 2 heterocycles. The Morgan fingerprint density at radius 2 is 1.83 bits per heavy atom. The summed E-state index contributed by atoms with van der Waals surface area (Å²) in [5.74, 6) is 0.317. The minimum Gasteiger partial charge on any atom is -0.493 e. The lowest BCUT2D eigenvalue weighted by Crippen LogP contribution is -2.32. The second-order valence-corrected chi connectivity index (χ2v) is 5.98. The van der Waals surface area contributed by atoms with E-state index in [9.17, 15) is 9.59 Å². The Bertz CT molecular complexity index is 801. The average molecular weight is 323 g/mol. The molecule has 0 spiro atoms. The van der Waals surface area contributed by atoms with Gasteiger partial charge in [0.05, 0.1) is 24.6 Å². The molecular formula is C19H17NO4. The van der Waals surface area contributed by atoms with Crippen LogP contribution in [0.2, 0.25) is 0 Å². The van der Waals surface area contributed by atoms with Gasteiger partial charge in [0.1, 0.15) is 11.9 Å². The zero-order chi connectivity index (χ0) is 16.5. The molecule has 5 heteroatoms. The number of ether oxygens (including phenoxy) is 2. The largest absolute Gasteiger partial charge is 0.493 e.